The molecule has 47 heavy (non-hydrogen) atoms. The second kappa shape index (κ2) is 14.3. The van der Waals surface area contributed by atoms with Crippen molar-refractivity contribution in [1.29, 1.82) is 0 Å². The Balaban J connectivity index is 1.38. The fourth-order valence-corrected chi connectivity index (χ4v) is 7.28. The van der Waals surface area contributed by atoms with Crippen LogP contribution < -0.4 is 16.0 Å². The number of nitrogens with one attached hydrogen (secondary N) is 1. The zero-order valence-electron chi connectivity index (χ0n) is 26.4. The van der Waals surface area contributed by atoms with E-state index in [1.54, 1.807) is 17.0 Å². The van der Waals surface area contributed by atoms with Gasteiger partial charge in [0.15, 0.2) is 0 Å². The lowest BCUT2D eigenvalue weighted by Crippen LogP contribution is -2.46. The second-order valence-electron chi connectivity index (χ2n) is 12.7. The molecule has 1 aliphatic heterocycles. The van der Waals surface area contributed by atoms with E-state index in [9.17, 15) is 14.4 Å². The smallest absolute Gasteiger partial charge is 0.254 e. The number of halogens is 2. The van der Waals surface area contributed by atoms with E-state index in [0.717, 1.165) is 64.8 Å². The number of carbonyl (C=O) groups excluding carboxylic acids is 3. The van der Waals surface area contributed by atoms with Crippen LogP contribution in [0.3, 0.4) is 0 Å². The monoisotopic (exact) mass is 667 g/mol. The Hall–Kier alpha value is -4.13. The number of primary amides is 1. The molecule has 3 amide bonds. The Morgan fingerprint density at radius 1 is 0.894 bits per heavy atom. The second-order valence-corrected chi connectivity index (χ2v) is 13.6. The fourth-order valence-electron chi connectivity index (χ4n) is 6.77. The minimum absolute atomic E-state index is 0.250. The standard InChI is InChI=1S/C39H39Cl2N3O3/c1-2-3-11-32(37(42)45)33(21-24-16-17-24)38(46)43-36-31-14-5-4-12-29(31)30-13-6-7-15-35(30)44(39(36)47)23-25-9-8-10-26(20-25)28-19-18-27(40)22-34(28)41/h4-10,12-15,18-20,22,24,32-33,36H,2-3,11,16-17,21,23H2,1H3,(H2,42,45)(H,43,46)/t32?,33-,36-/m0/s1. The Labute approximate surface area is 286 Å². The highest BCUT2D eigenvalue weighted by atomic mass is 35.5. The molecule has 3 atom stereocenters. The molecule has 1 fully saturated rings. The van der Waals surface area contributed by atoms with Crippen LogP contribution in [-0.4, -0.2) is 17.7 Å². The van der Waals surface area contributed by atoms with Gasteiger partial charge >= 0.3 is 0 Å². The molecule has 1 heterocycles. The van der Waals surface area contributed by atoms with Crippen LogP contribution in [0.15, 0.2) is 91.0 Å². The SMILES string of the molecule is CCCCC(C(N)=O)[C@H](CC1CC1)C(=O)N[C@@H]1C(=O)N(Cc2cccc(-c3ccc(Cl)cc3Cl)c2)c2ccccc2-c2ccccc21. The first-order valence-corrected chi connectivity index (χ1v) is 17.1. The summed E-state index contributed by atoms with van der Waals surface area (Å²) in [5.41, 5.74) is 11.8. The predicted octanol–water partition coefficient (Wildman–Crippen LogP) is 8.74. The van der Waals surface area contributed by atoms with E-state index in [1.807, 2.05) is 78.9 Å². The van der Waals surface area contributed by atoms with Gasteiger partial charge in [-0.1, -0.05) is 123 Å². The van der Waals surface area contributed by atoms with E-state index in [1.165, 1.54) is 0 Å². The summed E-state index contributed by atoms with van der Waals surface area (Å²) >= 11 is 12.7. The zero-order chi connectivity index (χ0) is 33.1. The lowest BCUT2D eigenvalue weighted by molar-refractivity contribution is -0.136. The van der Waals surface area contributed by atoms with Crippen molar-refractivity contribution in [2.24, 2.45) is 23.5 Å². The molecule has 6 nitrogen and oxygen atoms in total. The normalized spacial score (nSPS) is 16.9. The maximum atomic E-state index is 14.8. The zero-order valence-corrected chi connectivity index (χ0v) is 27.9. The molecular formula is C39H39Cl2N3O3. The predicted molar refractivity (Wildman–Crippen MR) is 189 cm³/mol. The number of carbonyl (C=O) groups is 3. The van der Waals surface area contributed by atoms with Gasteiger partial charge in [-0.25, -0.2) is 0 Å². The molecule has 2 aliphatic rings. The number of benzene rings is 4. The average molecular weight is 669 g/mol. The van der Waals surface area contributed by atoms with Crippen LogP contribution in [0.25, 0.3) is 22.3 Å². The van der Waals surface area contributed by atoms with Crippen LogP contribution in [0.2, 0.25) is 10.0 Å². The van der Waals surface area contributed by atoms with Crippen molar-refractivity contribution in [2.45, 2.75) is 58.0 Å². The molecule has 4 aromatic carbocycles. The molecule has 0 saturated heterocycles. The number of hydrogen-bond donors (Lipinski definition) is 2. The summed E-state index contributed by atoms with van der Waals surface area (Å²) in [6.07, 6.45) is 4.92. The van der Waals surface area contributed by atoms with Crippen LogP contribution in [0, 0.1) is 17.8 Å². The maximum Gasteiger partial charge on any atom is 0.254 e. The Morgan fingerprint density at radius 2 is 1.64 bits per heavy atom. The molecule has 8 heteroatoms. The molecule has 1 aliphatic carbocycles. The highest BCUT2D eigenvalue weighted by Crippen LogP contribution is 2.43. The van der Waals surface area contributed by atoms with Crippen LogP contribution in [-0.2, 0) is 20.9 Å². The molecule has 1 saturated carbocycles. The molecule has 0 bridgehead atoms. The third-order valence-corrected chi connectivity index (χ3v) is 9.95. The number of nitrogens with zero attached hydrogens (tertiary/aromatic N) is 1. The molecule has 0 spiro atoms. The molecule has 6 rings (SSSR count). The highest BCUT2D eigenvalue weighted by molar-refractivity contribution is 6.36. The number of rotatable bonds is 12. The quantitative estimate of drug-likeness (QED) is 0.158. The van der Waals surface area contributed by atoms with E-state index in [-0.39, 0.29) is 18.4 Å². The lowest BCUT2D eigenvalue weighted by Gasteiger charge is -2.29. The van der Waals surface area contributed by atoms with E-state index < -0.39 is 23.8 Å². The molecule has 0 aromatic heterocycles. The number of unbranched alkanes of at least 4 members (excludes halogenated alkanes) is 1. The van der Waals surface area contributed by atoms with Crippen molar-refractivity contribution in [3.8, 4) is 22.3 Å². The van der Waals surface area contributed by atoms with Gasteiger partial charge in [-0.2, -0.15) is 0 Å². The van der Waals surface area contributed by atoms with Crippen molar-refractivity contribution < 1.29 is 14.4 Å². The molecule has 4 aromatic rings. The number of nitrogens with two attached hydrogens (primary N) is 1. The Morgan fingerprint density at radius 3 is 2.36 bits per heavy atom. The summed E-state index contributed by atoms with van der Waals surface area (Å²) < 4.78 is 0. The Kier molecular flexibility index (Phi) is 10.00. The van der Waals surface area contributed by atoms with Gasteiger partial charge in [0, 0.05) is 33.0 Å². The number of anilines is 1. The summed E-state index contributed by atoms with van der Waals surface area (Å²) in [6, 6.07) is 27.9. The van der Waals surface area contributed by atoms with Crippen molar-refractivity contribution in [1.82, 2.24) is 5.32 Å². The van der Waals surface area contributed by atoms with Crippen molar-refractivity contribution >= 4 is 46.6 Å². The van der Waals surface area contributed by atoms with Crippen molar-refractivity contribution in [3.05, 3.63) is 112 Å². The number of fused-ring (bicyclic) bond motifs is 3. The van der Waals surface area contributed by atoms with Gasteiger partial charge in [0.1, 0.15) is 6.04 Å². The first kappa shape index (κ1) is 32.8. The van der Waals surface area contributed by atoms with E-state index in [0.29, 0.717) is 28.8 Å². The first-order chi connectivity index (χ1) is 22.7. The lowest BCUT2D eigenvalue weighted by atomic mass is 9.82. The van der Waals surface area contributed by atoms with Crippen molar-refractivity contribution in [2.75, 3.05) is 4.90 Å². The Bertz CT molecular complexity index is 1800. The van der Waals surface area contributed by atoms with Crippen LogP contribution >= 0.6 is 23.2 Å². The van der Waals surface area contributed by atoms with Gasteiger partial charge in [-0.05, 0) is 65.3 Å². The first-order valence-electron chi connectivity index (χ1n) is 16.4. The van der Waals surface area contributed by atoms with Gasteiger partial charge in [0.05, 0.1) is 12.2 Å². The van der Waals surface area contributed by atoms with Crippen LogP contribution in [0.4, 0.5) is 5.69 Å². The maximum absolute atomic E-state index is 14.8. The molecule has 1 unspecified atom stereocenters. The summed E-state index contributed by atoms with van der Waals surface area (Å²) in [4.78, 5) is 43.4. The van der Waals surface area contributed by atoms with E-state index >= 15 is 0 Å². The van der Waals surface area contributed by atoms with Gasteiger partial charge in [0.25, 0.3) is 5.91 Å². The molecule has 3 N–H and O–H groups in total. The minimum Gasteiger partial charge on any atom is -0.369 e. The van der Waals surface area contributed by atoms with Crippen molar-refractivity contribution in [3.63, 3.8) is 0 Å². The van der Waals surface area contributed by atoms with Gasteiger partial charge < -0.3 is 16.0 Å². The van der Waals surface area contributed by atoms with Crippen LogP contribution in [0.5, 0.6) is 0 Å². The molecule has 242 valence electrons. The topological polar surface area (TPSA) is 92.5 Å². The minimum atomic E-state index is -0.957. The van der Waals surface area contributed by atoms with Gasteiger partial charge in [-0.3, -0.25) is 14.4 Å². The summed E-state index contributed by atoms with van der Waals surface area (Å²) in [6.45, 7) is 2.32. The van der Waals surface area contributed by atoms with E-state index in [2.05, 4.69) is 12.2 Å². The number of hydrogen-bond acceptors (Lipinski definition) is 3. The number of amides is 3. The van der Waals surface area contributed by atoms with Crippen LogP contribution in [0.1, 0.15) is 62.6 Å². The summed E-state index contributed by atoms with van der Waals surface area (Å²) in [5.74, 6) is -1.78. The molecular weight excluding hydrogens is 629 g/mol. The summed E-state index contributed by atoms with van der Waals surface area (Å²) in [7, 11) is 0. The third kappa shape index (κ3) is 7.24. The number of para-hydroxylation sites is 1. The molecule has 0 radical (unpaired) electrons. The van der Waals surface area contributed by atoms with Gasteiger partial charge in [-0.15, -0.1) is 0 Å². The largest absolute Gasteiger partial charge is 0.369 e. The third-order valence-electron chi connectivity index (χ3n) is 9.41. The van der Waals surface area contributed by atoms with Gasteiger partial charge in [0.2, 0.25) is 11.8 Å². The summed E-state index contributed by atoms with van der Waals surface area (Å²) in [5, 5.41) is 4.24. The highest BCUT2D eigenvalue weighted by Gasteiger charge is 2.40. The van der Waals surface area contributed by atoms with E-state index in [4.69, 9.17) is 28.9 Å². The fraction of sp³-hybridized carbons (Fsp3) is 0.308. The average Bonchev–Trinajstić information content (AvgIpc) is 3.90.